The third kappa shape index (κ3) is 3.50. The van der Waals surface area contributed by atoms with Gasteiger partial charge in [-0.1, -0.05) is 48.5 Å². The SMILES string of the molecule is Cl.c1ccc(Cc2nc(N3CCNCC3)nc3ccccc23)cc1. The smallest absolute Gasteiger partial charge is 0.226 e. The highest BCUT2D eigenvalue weighted by atomic mass is 35.5. The molecule has 4 rings (SSSR count). The lowest BCUT2D eigenvalue weighted by Crippen LogP contribution is -2.44. The maximum atomic E-state index is 4.91. The normalized spacial score (nSPS) is 14.4. The number of fused-ring (bicyclic) bond motifs is 1. The highest BCUT2D eigenvalue weighted by Crippen LogP contribution is 2.22. The number of rotatable bonds is 3. The van der Waals surface area contributed by atoms with Gasteiger partial charge in [0.05, 0.1) is 11.2 Å². The monoisotopic (exact) mass is 340 g/mol. The Morgan fingerprint density at radius 1 is 0.875 bits per heavy atom. The zero-order chi connectivity index (χ0) is 15.5. The summed E-state index contributed by atoms with van der Waals surface area (Å²) >= 11 is 0. The molecule has 0 aliphatic carbocycles. The average molecular weight is 341 g/mol. The number of anilines is 1. The van der Waals surface area contributed by atoms with Crippen LogP contribution >= 0.6 is 12.4 Å². The summed E-state index contributed by atoms with van der Waals surface area (Å²) in [5.41, 5.74) is 3.42. The second kappa shape index (κ2) is 7.60. The summed E-state index contributed by atoms with van der Waals surface area (Å²) < 4.78 is 0. The summed E-state index contributed by atoms with van der Waals surface area (Å²) in [5, 5.41) is 4.53. The molecule has 1 saturated heterocycles. The van der Waals surface area contributed by atoms with E-state index in [1.165, 1.54) is 5.56 Å². The van der Waals surface area contributed by atoms with Crippen molar-refractivity contribution in [2.45, 2.75) is 6.42 Å². The van der Waals surface area contributed by atoms with E-state index < -0.39 is 0 Å². The van der Waals surface area contributed by atoms with Gasteiger partial charge < -0.3 is 10.2 Å². The van der Waals surface area contributed by atoms with E-state index in [9.17, 15) is 0 Å². The Hall–Kier alpha value is -2.17. The van der Waals surface area contributed by atoms with E-state index in [0.717, 1.165) is 55.1 Å². The molecule has 0 unspecified atom stereocenters. The van der Waals surface area contributed by atoms with Gasteiger partial charge in [-0.3, -0.25) is 0 Å². The number of benzene rings is 2. The van der Waals surface area contributed by atoms with Gasteiger partial charge >= 0.3 is 0 Å². The van der Waals surface area contributed by atoms with E-state index in [4.69, 9.17) is 9.97 Å². The molecule has 0 amide bonds. The fraction of sp³-hybridized carbons (Fsp3) is 0.263. The molecule has 2 aromatic carbocycles. The minimum Gasteiger partial charge on any atom is -0.338 e. The number of piperazine rings is 1. The molecule has 0 atom stereocenters. The molecule has 0 bridgehead atoms. The van der Waals surface area contributed by atoms with Crippen LogP contribution in [-0.2, 0) is 6.42 Å². The first-order valence-corrected chi connectivity index (χ1v) is 8.15. The van der Waals surface area contributed by atoms with Crippen molar-refractivity contribution in [2.75, 3.05) is 31.1 Å². The molecule has 5 heteroatoms. The van der Waals surface area contributed by atoms with Crippen LogP contribution in [-0.4, -0.2) is 36.1 Å². The van der Waals surface area contributed by atoms with Crippen molar-refractivity contribution in [3.8, 4) is 0 Å². The molecule has 1 N–H and O–H groups in total. The number of nitrogens with zero attached hydrogens (tertiary/aromatic N) is 3. The summed E-state index contributed by atoms with van der Waals surface area (Å²) in [6, 6.07) is 18.8. The molecular weight excluding hydrogens is 320 g/mol. The average Bonchev–Trinajstić information content (AvgIpc) is 2.63. The van der Waals surface area contributed by atoms with E-state index in [1.807, 2.05) is 12.1 Å². The second-order valence-corrected chi connectivity index (χ2v) is 5.89. The molecule has 1 aliphatic heterocycles. The molecule has 4 nitrogen and oxygen atoms in total. The number of hydrogen-bond donors (Lipinski definition) is 1. The summed E-state index contributed by atoms with van der Waals surface area (Å²) in [5.74, 6) is 0.858. The first-order valence-electron chi connectivity index (χ1n) is 8.15. The van der Waals surface area contributed by atoms with Crippen molar-refractivity contribution in [1.82, 2.24) is 15.3 Å². The topological polar surface area (TPSA) is 41.1 Å². The summed E-state index contributed by atoms with van der Waals surface area (Å²) in [6.07, 6.45) is 0.836. The maximum Gasteiger partial charge on any atom is 0.226 e. The first-order chi connectivity index (χ1) is 11.4. The van der Waals surface area contributed by atoms with Crippen LogP contribution in [0.4, 0.5) is 5.95 Å². The molecule has 124 valence electrons. The van der Waals surface area contributed by atoms with Crippen LogP contribution in [0.15, 0.2) is 54.6 Å². The second-order valence-electron chi connectivity index (χ2n) is 5.89. The van der Waals surface area contributed by atoms with Crippen LogP contribution in [0.2, 0.25) is 0 Å². The molecule has 1 aliphatic rings. The van der Waals surface area contributed by atoms with Gasteiger partial charge in [-0.15, -0.1) is 12.4 Å². The van der Waals surface area contributed by atoms with E-state index in [-0.39, 0.29) is 12.4 Å². The zero-order valence-electron chi connectivity index (χ0n) is 13.5. The molecule has 3 aromatic rings. The lowest BCUT2D eigenvalue weighted by Gasteiger charge is -2.28. The van der Waals surface area contributed by atoms with Gasteiger partial charge in [0.15, 0.2) is 0 Å². The van der Waals surface area contributed by atoms with Gasteiger partial charge in [0, 0.05) is 38.0 Å². The van der Waals surface area contributed by atoms with Crippen LogP contribution in [0.1, 0.15) is 11.3 Å². The van der Waals surface area contributed by atoms with Crippen LogP contribution < -0.4 is 10.2 Å². The van der Waals surface area contributed by atoms with Gasteiger partial charge in [-0.25, -0.2) is 9.97 Å². The predicted octanol–water partition coefficient (Wildman–Crippen LogP) is 3.05. The van der Waals surface area contributed by atoms with Gasteiger partial charge in [0.2, 0.25) is 5.95 Å². The molecule has 24 heavy (non-hydrogen) atoms. The van der Waals surface area contributed by atoms with E-state index >= 15 is 0 Å². The highest BCUT2D eigenvalue weighted by Gasteiger charge is 2.16. The van der Waals surface area contributed by atoms with Crippen molar-refractivity contribution in [2.24, 2.45) is 0 Å². The van der Waals surface area contributed by atoms with Crippen LogP contribution in [0.25, 0.3) is 10.9 Å². The fourth-order valence-electron chi connectivity index (χ4n) is 3.06. The predicted molar refractivity (Wildman–Crippen MR) is 101 cm³/mol. The Bertz CT molecular complexity index is 801. The lowest BCUT2D eigenvalue weighted by molar-refractivity contribution is 0.580. The van der Waals surface area contributed by atoms with Crippen molar-refractivity contribution in [3.05, 3.63) is 65.9 Å². The van der Waals surface area contributed by atoms with Crippen molar-refractivity contribution in [3.63, 3.8) is 0 Å². The van der Waals surface area contributed by atoms with Crippen LogP contribution in [0.3, 0.4) is 0 Å². The number of halogens is 1. The minimum absolute atomic E-state index is 0. The van der Waals surface area contributed by atoms with E-state index in [0.29, 0.717) is 0 Å². The molecule has 0 spiro atoms. The number of hydrogen-bond acceptors (Lipinski definition) is 4. The van der Waals surface area contributed by atoms with Gasteiger partial charge in [0.1, 0.15) is 0 Å². The Balaban J connectivity index is 0.00000169. The summed E-state index contributed by atoms with van der Waals surface area (Å²) in [4.78, 5) is 12.0. The largest absolute Gasteiger partial charge is 0.338 e. The van der Waals surface area contributed by atoms with E-state index in [1.54, 1.807) is 0 Å². The zero-order valence-corrected chi connectivity index (χ0v) is 14.3. The van der Waals surface area contributed by atoms with Crippen molar-refractivity contribution < 1.29 is 0 Å². The first kappa shape index (κ1) is 16.7. The maximum absolute atomic E-state index is 4.91. The van der Waals surface area contributed by atoms with Gasteiger partial charge in [0.25, 0.3) is 0 Å². The lowest BCUT2D eigenvalue weighted by atomic mass is 10.1. The standard InChI is InChI=1S/C19H20N4.ClH/c1-2-6-15(7-3-1)14-18-16-8-4-5-9-17(16)21-19(22-18)23-12-10-20-11-13-23;/h1-9,20H,10-14H2;1H. The summed E-state index contributed by atoms with van der Waals surface area (Å²) in [6.45, 7) is 3.90. The Labute approximate surface area is 148 Å². The van der Waals surface area contributed by atoms with Crippen molar-refractivity contribution in [1.29, 1.82) is 0 Å². The van der Waals surface area contributed by atoms with Crippen LogP contribution in [0.5, 0.6) is 0 Å². The molecule has 2 heterocycles. The Morgan fingerprint density at radius 2 is 1.58 bits per heavy atom. The third-order valence-corrected chi connectivity index (χ3v) is 4.28. The Morgan fingerprint density at radius 3 is 2.38 bits per heavy atom. The number of nitrogens with one attached hydrogen (secondary N) is 1. The van der Waals surface area contributed by atoms with E-state index in [2.05, 4.69) is 52.7 Å². The summed E-state index contributed by atoms with van der Waals surface area (Å²) in [7, 11) is 0. The Kier molecular flexibility index (Phi) is 5.28. The molecule has 0 radical (unpaired) electrons. The van der Waals surface area contributed by atoms with Crippen molar-refractivity contribution >= 4 is 29.3 Å². The molecular formula is C19H21ClN4. The fourth-order valence-corrected chi connectivity index (χ4v) is 3.06. The quantitative estimate of drug-likeness (QED) is 0.795. The molecule has 1 fully saturated rings. The molecule has 1 aromatic heterocycles. The van der Waals surface area contributed by atoms with Gasteiger partial charge in [-0.2, -0.15) is 0 Å². The minimum atomic E-state index is 0. The van der Waals surface area contributed by atoms with Gasteiger partial charge in [-0.05, 0) is 11.6 Å². The highest BCUT2D eigenvalue weighted by molar-refractivity contribution is 5.85. The number of para-hydroxylation sites is 1. The molecule has 0 saturated carbocycles. The third-order valence-electron chi connectivity index (χ3n) is 4.28. The van der Waals surface area contributed by atoms with Crippen LogP contribution in [0, 0.1) is 0 Å². The number of aromatic nitrogens is 2.